The first-order valence-corrected chi connectivity index (χ1v) is 5.19. The molecule has 2 atom stereocenters. The number of rotatable bonds is 1. The van der Waals surface area contributed by atoms with Crippen LogP contribution in [-0.4, -0.2) is 33.8 Å². The van der Waals surface area contributed by atoms with Crippen molar-refractivity contribution in [1.82, 2.24) is 9.78 Å². The molecule has 2 unspecified atom stereocenters. The van der Waals surface area contributed by atoms with Crippen LogP contribution in [0.1, 0.15) is 12.8 Å². The number of cyclic esters (lactones) is 2. The zero-order valence-corrected chi connectivity index (χ0v) is 8.79. The molecule has 6 heteroatoms. The molecule has 3 heterocycles. The van der Waals surface area contributed by atoms with Gasteiger partial charge in [0, 0.05) is 13.2 Å². The van der Waals surface area contributed by atoms with Crippen LogP contribution in [0, 0.1) is 0 Å². The normalized spacial score (nSPS) is 28.4. The van der Waals surface area contributed by atoms with Crippen molar-refractivity contribution < 1.29 is 14.3 Å². The highest BCUT2D eigenvalue weighted by molar-refractivity contribution is 5.99. The van der Waals surface area contributed by atoms with Gasteiger partial charge in [0.1, 0.15) is 12.1 Å². The first-order valence-electron chi connectivity index (χ1n) is 5.19. The molecule has 84 valence electrons. The molecule has 2 bridgehead atoms. The number of hydrogen-bond donors (Lipinski definition) is 0. The van der Waals surface area contributed by atoms with Gasteiger partial charge in [-0.25, -0.2) is 9.59 Å². The number of ether oxygens (including phenoxy) is 1. The molecule has 2 aliphatic heterocycles. The van der Waals surface area contributed by atoms with Crippen molar-refractivity contribution in [2.75, 3.05) is 4.90 Å². The number of fused-ring (bicyclic) bond motifs is 2. The molecule has 1 aromatic rings. The van der Waals surface area contributed by atoms with E-state index in [0.717, 1.165) is 5.69 Å². The van der Waals surface area contributed by atoms with Crippen LogP contribution < -0.4 is 4.90 Å². The highest BCUT2D eigenvalue weighted by Gasteiger charge is 2.49. The summed E-state index contributed by atoms with van der Waals surface area (Å²) in [5, 5.41) is 4.05. The lowest BCUT2D eigenvalue weighted by Gasteiger charge is -2.32. The summed E-state index contributed by atoms with van der Waals surface area (Å²) in [7, 11) is 1.80. The Kier molecular flexibility index (Phi) is 1.80. The molecule has 1 aromatic heterocycles. The van der Waals surface area contributed by atoms with Gasteiger partial charge in [-0.3, -0.25) is 4.68 Å². The van der Waals surface area contributed by atoms with Gasteiger partial charge >= 0.3 is 11.9 Å². The summed E-state index contributed by atoms with van der Waals surface area (Å²) >= 11 is 0. The van der Waals surface area contributed by atoms with Crippen molar-refractivity contribution in [2.24, 2.45) is 7.05 Å². The van der Waals surface area contributed by atoms with Crippen molar-refractivity contribution in [1.29, 1.82) is 0 Å². The summed E-state index contributed by atoms with van der Waals surface area (Å²) in [6.07, 6.45) is 4.81. The van der Waals surface area contributed by atoms with E-state index < -0.39 is 11.9 Å². The topological polar surface area (TPSA) is 64.4 Å². The minimum atomic E-state index is -0.442. The third kappa shape index (κ3) is 1.16. The van der Waals surface area contributed by atoms with Crippen molar-refractivity contribution in [3.8, 4) is 0 Å². The molecule has 6 nitrogen and oxygen atoms in total. The van der Waals surface area contributed by atoms with Gasteiger partial charge in [-0.1, -0.05) is 0 Å². The van der Waals surface area contributed by atoms with E-state index in [1.165, 1.54) is 0 Å². The van der Waals surface area contributed by atoms with Crippen molar-refractivity contribution in [3.63, 3.8) is 0 Å². The highest BCUT2D eigenvalue weighted by atomic mass is 16.6. The van der Waals surface area contributed by atoms with Crippen LogP contribution in [0.2, 0.25) is 0 Å². The molecule has 0 spiro atoms. The van der Waals surface area contributed by atoms with Gasteiger partial charge in [-0.2, -0.15) is 5.10 Å². The minimum absolute atomic E-state index is 0.327. The smallest absolute Gasteiger partial charge is 0.336 e. The maximum Gasteiger partial charge on any atom is 0.336 e. The molecule has 0 saturated carbocycles. The first-order chi connectivity index (χ1) is 7.66. The van der Waals surface area contributed by atoms with Crippen LogP contribution in [0.25, 0.3) is 0 Å². The van der Waals surface area contributed by atoms with Crippen molar-refractivity contribution in [2.45, 2.75) is 24.9 Å². The van der Waals surface area contributed by atoms with E-state index in [0.29, 0.717) is 12.8 Å². The highest BCUT2D eigenvalue weighted by Crippen LogP contribution is 2.34. The lowest BCUT2D eigenvalue weighted by atomic mass is 10.2. The van der Waals surface area contributed by atoms with Crippen LogP contribution in [-0.2, 0) is 21.4 Å². The largest absolute Gasteiger partial charge is 0.390 e. The zero-order chi connectivity index (χ0) is 11.3. The van der Waals surface area contributed by atoms with Crippen LogP contribution in [0.4, 0.5) is 5.69 Å². The predicted molar refractivity (Wildman–Crippen MR) is 53.6 cm³/mol. The number of esters is 2. The van der Waals surface area contributed by atoms with E-state index >= 15 is 0 Å². The maximum absolute atomic E-state index is 11.5. The fourth-order valence-electron chi connectivity index (χ4n) is 2.41. The number of carbonyl (C=O) groups is 2. The molecule has 0 aliphatic carbocycles. The predicted octanol–water partition coefficient (Wildman–Crippen LogP) is -0.159. The van der Waals surface area contributed by atoms with E-state index in [1.807, 2.05) is 4.90 Å². The van der Waals surface area contributed by atoms with Gasteiger partial charge in [0.2, 0.25) is 0 Å². The van der Waals surface area contributed by atoms with Crippen molar-refractivity contribution >= 4 is 17.6 Å². The van der Waals surface area contributed by atoms with Crippen LogP contribution in [0.15, 0.2) is 12.4 Å². The molecular weight excluding hydrogens is 210 g/mol. The van der Waals surface area contributed by atoms with Gasteiger partial charge in [0.05, 0.1) is 11.9 Å². The number of nitrogens with zero attached hydrogens (tertiary/aromatic N) is 3. The van der Waals surface area contributed by atoms with Crippen LogP contribution in [0.5, 0.6) is 0 Å². The SMILES string of the molecule is Cn1cc(N2C3CCC2C(=O)OC3=O)cn1. The molecule has 2 saturated heterocycles. The molecular formula is C10H11N3O3. The molecule has 16 heavy (non-hydrogen) atoms. The second-order valence-electron chi connectivity index (χ2n) is 4.13. The monoisotopic (exact) mass is 221 g/mol. The molecule has 2 aliphatic rings. The zero-order valence-electron chi connectivity index (χ0n) is 8.79. The van der Waals surface area contributed by atoms with Crippen molar-refractivity contribution in [3.05, 3.63) is 12.4 Å². The number of anilines is 1. The fraction of sp³-hybridized carbons (Fsp3) is 0.500. The van der Waals surface area contributed by atoms with Gasteiger partial charge in [-0.15, -0.1) is 0 Å². The van der Waals surface area contributed by atoms with E-state index in [1.54, 1.807) is 24.1 Å². The van der Waals surface area contributed by atoms with E-state index in [2.05, 4.69) is 9.84 Å². The molecule has 0 amide bonds. The fourth-order valence-corrected chi connectivity index (χ4v) is 2.41. The van der Waals surface area contributed by atoms with Gasteiger partial charge in [-0.05, 0) is 12.8 Å². The second kappa shape index (κ2) is 3.07. The Morgan fingerprint density at radius 1 is 1.31 bits per heavy atom. The summed E-state index contributed by atoms with van der Waals surface area (Å²) in [6.45, 7) is 0. The molecule has 0 N–H and O–H groups in total. The maximum atomic E-state index is 11.5. The van der Waals surface area contributed by atoms with E-state index in [-0.39, 0.29) is 12.1 Å². The summed E-state index contributed by atoms with van der Waals surface area (Å²) in [5.41, 5.74) is 0.806. The Labute approximate surface area is 91.8 Å². The summed E-state index contributed by atoms with van der Waals surface area (Å²) < 4.78 is 6.34. The Morgan fingerprint density at radius 3 is 2.44 bits per heavy atom. The van der Waals surface area contributed by atoms with Crippen LogP contribution >= 0.6 is 0 Å². The van der Waals surface area contributed by atoms with E-state index in [4.69, 9.17) is 0 Å². The Hall–Kier alpha value is -1.85. The summed E-state index contributed by atoms with van der Waals surface area (Å²) in [6, 6.07) is -0.654. The van der Waals surface area contributed by atoms with Crippen LogP contribution in [0.3, 0.4) is 0 Å². The summed E-state index contributed by atoms with van der Waals surface area (Å²) in [4.78, 5) is 24.9. The van der Waals surface area contributed by atoms with Gasteiger partial charge in [0.15, 0.2) is 0 Å². The number of morpholine rings is 1. The first kappa shape index (κ1) is 9.38. The average Bonchev–Trinajstić information content (AvgIpc) is 2.78. The lowest BCUT2D eigenvalue weighted by molar-refractivity contribution is -0.163. The van der Waals surface area contributed by atoms with Gasteiger partial charge < -0.3 is 9.64 Å². The number of hydrogen-bond acceptors (Lipinski definition) is 5. The number of aryl methyl sites for hydroxylation is 1. The minimum Gasteiger partial charge on any atom is -0.390 e. The third-order valence-electron chi connectivity index (χ3n) is 3.12. The molecule has 3 rings (SSSR count). The number of carbonyl (C=O) groups excluding carboxylic acids is 2. The quantitative estimate of drug-likeness (QED) is 0.487. The molecule has 0 aromatic carbocycles. The average molecular weight is 221 g/mol. The standard InChI is InChI=1S/C10H11N3O3/c1-12-5-6(4-11-12)13-7-2-3-8(13)10(15)16-9(7)14/h4-5,7-8H,2-3H2,1H3. The van der Waals surface area contributed by atoms with E-state index in [9.17, 15) is 9.59 Å². The molecule has 2 fully saturated rings. The third-order valence-corrected chi connectivity index (χ3v) is 3.12. The number of aromatic nitrogens is 2. The van der Waals surface area contributed by atoms with Gasteiger partial charge in [0.25, 0.3) is 0 Å². The lowest BCUT2D eigenvalue weighted by Crippen LogP contribution is -2.51. The summed E-state index contributed by atoms with van der Waals surface area (Å²) in [5.74, 6) is -0.884. The second-order valence-corrected chi connectivity index (χ2v) is 4.13. The Bertz CT molecular complexity index is 446. The Balaban J connectivity index is 2.01. The Morgan fingerprint density at radius 2 is 1.94 bits per heavy atom. The molecule has 0 radical (unpaired) electrons.